The number of nitrogens with zero attached hydrogens (tertiary/aromatic N) is 1. The highest BCUT2D eigenvalue weighted by Gasteiger charge is 2.43. The summed E-state index contributed by atoms with van der Waals surface area (Å²) in [6, 6.07) is 11.7. The first-order valence-electron chi connectivity index (χ1n) is 10.7. The van der Waals surface area contributed by atoms with Gasteiger partial charge < -0.3 is 25.6 Å². The van der Waals surface area contributed by atoms with E-state index >= 15 is 0 Å². The van der Waals surface area contributed by atoms with E-state index in [4.69, 9.17) is 4.74 Å². The number of urea groups is 1. The second kappa shape index (κ2) is 9.60. The van der Waals surface area contributed by atoms with Gasteiger partial charge >= 0.3 is 6.03 Å². The highest BCUT2D eigenvalue weighted by Crippen LogP contribution is 2.30. The minimum atomic E-state index is -0.632. The van der Waals surface area contributed by atoms with Crippen LogP contribution in [-0.2, 0) is 4.79 Å². The highest BCUT2D eigenvalue weighted by atomic mass is 16.5. The standard InChI is InChI=1S/C25H26N4O4/c1-3-12-26-25(32)27-18-14-22-23(30)28-21-11-8-17(13-20(21)24(31)29(22)15-18)5-4-16-6-9-19(33-2)10-7-16/h3-11,13,18,22H,1,12,14-15H2,2H3,(H,28,30)(H2,26,27,32). The molecule has 0 aromatic heterocycles. The SMILES string of the molecule is C=CCNC(=O)NC1CC2C(=O)Nc3ccc(C=Cc4ccc(OC)cc4)cc3C(=O)N2C1. The Bertz CT molecular complexity index is 1110. The van der Waals surface area contributed by atoms with E-state index in [2.05, 4.69) is 22.5 Å². The van der Waals surface area contributed by atoms with Gasteiger partial charge in [0.05, 0.1) is 24.4 Å². The van der Waals surface area contributed by atoms with Gasteiger partial charge in [0.25, 0.3) is 5.91 Å². The van der Waals surface area contributed by atoms with Crippen molar-refractivity contribution in [2.45, 2.75) is 18.5 Å². The van der Waals surface area contributed by atoms with Crippen molar-refractivity contribution in [1.29, 1.82) is 0 Å². The molecule has 2 atom stereocenters. The Kier molecular flexibility index (Phi) is 6.44. The first-order valence-corrected chi connectivity index (χ1v) is 10.7. The fraction of sp³-hybridized carbons (Fsp3) is 0.240. The summed E-state index contributed by atoms with van der Waals surface area (Å²) in [5.74, 6) is 0.299. The smallest absolute Gasteiger partial charge is 0.315 e. The molecule has 2 unspecified atom stereocenters. The molecule has 0 saturated carbocycles. The minimum Gasteiger partial charge on any atom is -0.497 e. The average molecular weight is 447 g/mol. The average Bonchev–Trinajstić information content (AvgIpc) is 3.22. The number of ether oxygens (including phenoxy) is 1. The van der Waals surface area contributed by atoms with E-state index in [1.165, 1.54) is 4.90 Å². The van der Waals surface area contributed by atoms with Crippen LogP contribution in [0.3, 0.4) is 0 Å². The normalized spacial score (nSPS) is 19.4. The van der Waals surface area contributed by atoms with Gasteiger partial charge in [0, 0.05) is 13.1 Å². The zero-order valence-electron chi connectivity index (χ0n) is 18.3. The number of hydrogen-bond donors (Lipinski definition) is 3. The number of anilines is 1. The molecule has 0 aliphatic carbocycles. The van der Waals surface area contributed by atoms with E-state index in [-0.39, 0.29) is 30.4 Å². The first-order chi connectivity index (χ1) is 16.0. The Balaban J connectivity index is 1.51. The zero-order chi connectivity index (χ0) is 23.4. The molecule has 2 aromatic rings. The molecule has 170 valence electrons. The van der Waals surface area contributed by atoms with Crippen molar-refractivity contribution in [2.75, 3.05) is 25.5 Å². The van der Waals surface area contributed by atoms with Crippen LogP contribution in [0.1, 0.15) is 27.9 Å². The maximum atomic E-state index is 13.3. The molecular weight excluding hydrogens is 420 g/mol. The molecule has 0 radical (unpaired) electrons. The summed E-state index contributed by atoms with van der Waals surface area (Å²) >= 11 is 0. The first kappa shape index (κ1) is 22.1. The lowest BCUT2D eigenvalue weighted by molar-refractivity contribution is -0.119. The van der Waals surface area contributed by atoms with Crippen molar-refractivity contribution in [2.24, 2.45) is 0 Å². The lowest BCUT2D eigenvalue weighted by atomic mass is 10.1. The summed E-state index contributed by atoms with van der Waals surface area (Å²) in [6.45, 7) is 4.17. The predicted octanol–water partition coefficient (Wildman–Crippen LogP) is 2.89. The molecule has 1 saturated heterocycles. The number of amides is 4. The van der Waals surface area contributed by atoms with Crippen molar-refractivity contribution < 1.29 is 19.1 Å². The molecule has 4 rings (SSSR count). The van der Waals surface area contributed by atoms with Crippen LogP contribution < -0.4 is 20.7 Å². The number of methoxy groups -OCH3 is 1. The molecule has 0 bridgehead atoms. The highest BCUT2D eigenvalue weighted by molar-refractivity contribution is 6.10. The second-order valence-corrected chi connectivity index (χ2v) is 7.95. The Hall–Kier alpha value is -4.07. The molecule has 1 fully saturated rings. The summed E-state index contributed by atoms with van der Waals surface area (Å²) < 4.78 is 5.18. The van der Waals surface area contributed by atoms with E-state index in [0.717, 1.165) is 16.9 Å². The predicted molar refractivity (Wildman–Crippen MR) is 127 cm³/mol. The van der Waals surface area contributed by atoms with Crippen molar-refractivity contribution in [1.82, 2.24) is 15.5 Å². The number of benzene rings is 2. The van der Waals surface area contributed by atoms with E-state index in [1.807, 2.05) is 42.5 Å². The van der Waals surface area contributed by atoms with Crippen molar-refractivity contribution in [3.63, 3.8) is 0 Å². The lowest BCUT2D eigenvalue weighted by Crippen LogP contribution is -2.44. The third kappa shape index (κ3) is 4.90. The van der Waals surface area contributed by atoms with Gasteiger partial charge in [0.2, 0.25) is 5.91 Å². The molecule has 8 nitrogen and oxygen atoms in total. The molecule has 2 aromatic carbocycles. The summed E-state index contributed by atoms with van der Waals surface area (Å²) in [7, 11) is 1.62. The Labute approximate surface area is 192 Å². The van der Waals surface area contributed by atoms with Crippen LogP contribution in [0.4, 0.5) is 10.5 Å². The molecule has 2 aliphatic rings. The molecule has 2 heterocycles. The number of nitrogens with one attached hydrogen (secondary N) is 3. The van der Waals surface area contributed by atoms with E-state index in [0.29, 0.717) is 24.2 Å². The molecule has 8 heteroatoms. The number of fused-ring (bicyclic) bond motifs is 2. The van der Waals surface area contributed by atoms with Gasteiger partial charge in [0.1, 0.15) is 11.8 Å². The number of rotatable bonds is 6. The van der Waals surface area contributed by atoms with Gasteiger partial charge in [-0.3, -0.25) is 9.59 Å². The fourth-order valence-corrected chi connectivity index (χ4v) is 4.04. The summed E-state index contributed by atoms with van der Waals surface area (Å²) in [6.07, 6.45) is 5.80. The van der Waals surface area contributed by atoms with Gasteiger partial charge in [-0.1, -0.05) is 36.4 Å². The summed E-state index contributed by atoms with van der Waals surface area (Å²) in [4.78, 5) is 39.6. The number of carbonyl (C=O) groups excluding carboxylic acids is 3. The van der Waals surface area contributed by atoms with E-state index in [1.54, 1.807) is 25.3 Å². The summed E-state index contributed by atoms with van der Waals surface area (Å²) in [5, 5.41) is 8.33. The van der Waals surface area contributed by atoms with Crippen LogP contribution in [0.5, 0.6) is 5.75 Å². The molecule has 4 amide bonds. The van der Waals surface area contributed by atoms with Gasteiger partial charge in [-0.25, -0.2) is 4.79 Å². The third-order valence-electron chi connectivity index (χ3n) is 5.72. The zero-order valence-corrected chi connectivity index (χ0v) is 18.3. The molecule has 3 N–H and O–H groups in total. The van der Waals surface area contributed by atoms with Crippen LogP contribution in [0.15, 0.2) is 55.1 Å². The van der Waals surface area contributed by atoms with Crippen molar-refractivity contribution in [3.8, 4) is 5.75 Å². The van der Waals surface area contributed by atoms with Crippen LogP contribution in [-0.4, -0.2) is 55.0 Å². The molecule has 0 spiro atoms. The van der Waals surface area contributed by atoms with Crippen LogP contribution in [0.25, 0.3) is 12.2 Å². The molecule has 2 aliphatic heterocycles. The van der Waals surface area contributed by atoms with Crippen LogP contribution >= 0.6 is 0 Å². The maximum absolute atomic E-state index is 13.3. The molecular formula is C25H26N4O4. The number of carbonyl (C=O) groups is 3. The Morgan fingerprint density at radius 1 is 1.18 bits per heavy atom. The van der Waals surface area contributed by atoms with Crippen molar-refractivity contribution >= 4 is 35.7 Å². The fourth-order valence-electron chi connectivity index (χ4n) is 4.04. The van der Waals surface area contributed by atoms with E-state index in [9.17, 15) is 14.4 Å². The number of hydrogen-bond acceptors (Lipinski definition) is 4. The Morgan fingerprint density at radius 2 is 1.91 bits per heavy atom. The monoisotopic (exact) mass is 446 g/mol. The quantitative estimate of drug-likeness (QED) is 0.469. The van der Waals surface area contributed by atoms with Gasteiger partial charge in [0.15, 0.2) is 0 Å². The summed E-state index contributed by atoms with van der Waals surface area (Å²) in [5.41, 5.74) is 2.76. The van der Waals surface area contributed by atoms with Gasteiger partial charge in [-0.05, 0) is 41.8 Å². The van der Waals surface area contributed by atoms with Gasteiger partial charge in [-0.15, -0.1) is 6.58 Å². The molecule has 33 heavy (non-hydrogen) atoms. The topological polar surface area (TPSA) is 99.8 Å². The second-order valence-electron chi connectivity index (χ2n) is 7.95. The minimum absolute atomic E-state index is 0.233. The van der Waals surface area contributed by atoms with Crippen LogP contribution in [0.2, 0.25) is 0 Å². The van der Waals surface area contributed by atoms with Gasteiger partial charge in [-0.2, -0.15) is 0 Å². The third-order valence-corrected chi connectivity index (χ3v) is 5.72. The van der Waals surface area contributed by atoms with Crippen molar-refractivity contribution in [3.05, 3.63) is 71.8 Å². The maximum Gasteiger partial charge on any atom is 0.315 e. The van der Waals surface area contributed by atoms with E-state index < -0.39 is 6.04 Å². The largest absolute Gasteiger partial charge is 0.497 e. The van der Waals surface area contributed by atoms with Crippen LogP contribution in [0, 0.1) is 0 Å². The Morgan fingerprint density at radius 3 is 2.64 bits per heavy atom. The lowest BCUT2D eigenvalue weighted by Gasteiger charge is -2.20.